The lowest BCUT2D eigenvalue weighted by atomic mass is 10.1. The largest absolute Gasteiger partial charge is 0.356 e. The molecule has 0 radical (unpaired) electrons. The van der Waals surface area contributed by atoms with E-state index in [4.69, 9.17) is 0 Å². The summed E-state index contributed by atoms with van der Waals surface area (Å²) in [6.45, 7) is 1.28. The second-order valence-corrected chi connectivity index (χ2v) is 8.46. The van der Waals surface area contributed by atoms with Gasteiger partial charge in [0.1, 0.15) is 0 Å². The fraction of sp³-hybridized carbons (Fsp3) is 0.588. The van der Waals surface area contributed by atoms with E-state index in [1.54, 1.807) is 0 Å². The first-order valence-corrected chi connectivity index (χ1v) is 10.00. The third-order valence-corrected chi connectivity index (χ3v) is 6.08. The molecule has 1 amide bonds. The van der Waals surface area contributed by atoms with Crippen molar-refractivity contribution in [3.63, 3.8) is 0 Å². The third kappa shape index (κ3) is 6.31. The first-order valence-electron chi connectivity index (χ1n) is 8.17. The van der Waals surface area contributed by atoms with E-state index in [0.29, 0.717) is 25.9 Å². The summed E-state index contributed by atoms with van der Waals surface area (Å²) < 4.78 is 22.9. The summed E-state index contributed by atoms with van der Waals surface area (Å²) in [7, 11) is -0.968. The molecule has 2 rings (SSSR count). The quantitative estimate of drug-likeness (QED) is 0.725. The lowest BCUT2D eigenvalue weighted by Gasteiger charge is -2.22. The number of hydrogen-bond acceptors (Lipinski definition) is 4. The van der Waals surface area contributed by atoms with E-state index in [2.05, 4.69) is 17.4 Å². The maximum atomic E-state index is 11.8. The summed E-state index contributed by atoms with van der Waals surface area (Å²) in [4.78, 5) is 13.8. The first-order chi connectivity index (χ1) is 11.0. The van der Waals surface area contributed by atoms with Crippen LogP contribution < -0.4 is 5.32 Å². The van der Waals surface area contributed by atoms with Crippen LogP contribution >= 0.6 is 0 Å². The molecule has 0 bridgehead atoms. The van der Waals surface area contributed by atoms with Gasteiger partial charge in [0.05, 0.1) is 11.5 Å². The van der Waals surface area contributed by atoms with Crippen molar-refractivity contribution in [1.82, 2.24) is 10.2 Å². The number of carbonyl (C=O) groups is 1. The highest BCUT2D eigenvalue weighted by atomic mass is 32.2. The molecular formula is C17H26N2O3S. The Hall–Kier alpha value is -1.40. The van der Waals surface area contributed by atoms with Crippen molar-refractivity contribution in [2.45, 2.75) is 31.7 Å². The zero-order valence-electron chi connectivity index (χ0n) is 13.7. The topological polar surface area (TPSA) is 66.5 Å². The number of amides is 1. The Kier molecular flexibility index (Phi) is 6.59. The summed E-state index contributed by atoms with van der Waals surface area (Å²) in [5, 5.41) is 2.93. The van der Waals surface area contributed by atoms with Crippen molar-refractivity contribution in [3.8, 4) is 0 Å². The Morgan fingerprint density at radius 3 is 2.70 bits per heavy atom. The Balaban J connectivity index is 1.58. The standard InChI is InChI=1S/C17H26N2O3S/c1-19(16-10-13-23(21,22)14-16)12-9-17(20)18-11-5-8-15-6-3-2-4-7-15/h2-4,6-7,16H,5,8-14H2,1H3,(H,18,20). The number of aryl methyl sites for hydroxylation is 1. The van der Waals surface area contributed by atoms with Gasteiger partial charge in [-0.2, -0.15) is 0 Å². The minimum Gasteiger partial charge on any atom is -0.356 e. The van der Waals surface area contributed by atoms with E-state index in [1.807, 2.05) is 30.1 Å². The number of hydrogen-bond donors (Lipinski definition) is 1. The molecule has 23 heavy (non-hydrogen) atoms. The van der Waals surface area contributed by atoms with Crippen LogP contribution in [0.5, 0.6) is 0 Å². The van der Waals surface area contributed by atoms with Gasteiger partial charge in [0.15, 0.2) is 9.84 Å². The van der Waals surface area contributed by atoms with E-state index < -0.39 is 9.84 Å². The molecule has 0 spiro atoms. The van der Waals surface area contributed by atoms with E-state index in [-0.39, 0.29) is 23.5 Å². The molecule has 1 saturated heterocycles. The fourth-order valence-electron chi connectivity index (χ4n) is 2.84. The van der Waals surface area contributed by atoms with Crippen molar-refractivity contribution >= 4 is 15.7 Å². The minimum absolute atomic E-state index is 0.0331. The highest BCUT2D eigenvalue weighted by Gasteiger charge is 2.30. The second-order valence-electron chi connectivity index (χ2n) is 6.23. The van der Waals surface area contributed by atoms with E-state index in [1.165, 1.54) is 5.56 Å². The molecule has 1 aliphatic heterocycles. The van der Waals surface area contributed by atoms with Crippen molar-refractivity contribution in [2.75, 3.05) is 31.6 Å². The number of nitrogens with zero attached hydrogens (tertiary/aromatic N) is 1. The minimum atomic E-state index is -2.87. The molecule has 0 aliphatic carbocycles. The average Bonchev–Trinajstić information content (AvgIpc) is 2.90. The van der Waals surface area contributed by atoms with E-state index in [0.717, 1.165) is 12.8 Å². The van der Waals surface area contributed by atoms with Crippen LogP contribution in [0, 0.1) is 0 Å². The van der Waals surface area contributed by atoms with Gasteiger partial charge in [-0.1, -0.05) is 30.3 Å². The van der Waals surface area contributed by atoms with Crippen LogP contribution in [0.4, 0.5) is 0 Å². The Morgan fingerprint density at radius 1 is 1.30 bits per heavy atom. The second kappa shape index (κ2) is 8.45. The molecule has 1 fully saturated rings. The Labute approximate surface area is 139 Å². The summed E-state index contributed by atoms with van der Waals surface area (Å²) in [6.07, 6.45) is 2.98. The Bertz CT molecular complexity index is 602. The maximum Gasteiger partial charge on any atom is 0.221 e. The zero-order valence-corrected chi connectivity index (χ0v) is 14.5. The van der Waals surface area contributed by atoms with Crippen LogP contribution in [-0.2, 0) is 21.1 Å². The number of carbonyl (C=O) groups excluding carboxylic acids is 1. The molecule has 1 heterocycles. The van der Waals surface area contributed by atoms with Gasteiger partial charge in [-0.3, -0.25) is 4.79 Å². The van der Waals surface area contributed by atoms with Crippen LogP contribution in [0.1, 0.15) is 24.8 Å². The van der Waals surface area contributed by atoms with Crippen molar-refractivity contribution < 1.29 is 13.2 Å². The van der Waals surface area contributed by atoms with Crippen molar-refractivity contribution in [1.29, 1.82) is 0 Å². The van der Waals surface area contributed by atoms with Gasteiger partial charge in [-0.15, -0.1) is 0 Å². The molecule has 5 nitrogen and oxygen atoms in total. The summed E-state index contributed by atoms with van der Waals surface area (Å²) in [6, 6.07) is 10.3. The molecule has 1 aliphatic rings. The molecule has 0 aromatic heterocycles. The van der Waals surface area contributed by atoms with Gasteiger partial charge >= 0.3 is 0 Å². The summed E-state index contributed by atoms with van der Waals surface area (Å²) in [5.41, 5.74) is 1.28. The van der Waals surface area contributed by atoms with Crippen LogP contribution in [0.3, 0.4) is 0 Å². The predicted octanol–water partition coefficient (Wildman–Crippen LogP) is 1.24. The third-order valence-electron chi connectivity index (χ3n) is 4.33. The van der Waals surface area contributed by atoms with Gasteiger partial charge in [-0.25, -0.2) is 8.42 Å². The highest BCUT2D eigenvalue weighted by molar-refractivity contribution is 7.91. The SMILES string of the molecule is CN(CCC(=O)NCCCc1ccccc1)C1CCS(=O)(=O)C1. The van der Waals surface area contributed by atoms with Gasteiger partial charge < -0.3 is 10.2 Å². The zero-order chi connectivity index (χ0) is 16.7. The van der Waals surface area contributed by atoms with Crippen LogP contribution in [0.2, 0.25) is 0 Å². The number of nitrogens with one attached hydrogen (secondary N) is 1. The smallest absolute Gasteiger partial charge is 0.221 e. The van der Waals surface area contributed by atoms with Gasteiger partial charge in [0.25, 0.3) is 0 Å². The normalized spacial score (nSPS) is 19.8. The van der Waals surface area contributed by atoms with Crippen LogP contribution in [-0.4, -0.2) is 56.9 Å². The fourth-order valence-corrected chi connectivity index (χ4v) is 4.64. The van der Waals surface area contributed by atoms with Gasteiger partial charge in [0, 0.05) is 25.6 Å². The highest BCUT2D eigenvalue weighted by Crippen LogP contribution is 2.16. The summed E-state index contributed by atoms with van der Waals surface area (Å²) >= 11 is 0. The molecule has 128 valence electrons. The molecule has 1 atom stereocenters. The first kappa shape index (κ1) is 17.9. The molecule has 0 saturated carbocycles. The number of benzene rings is 1. The maximum absolute atomic E-state index is 11.8. The lowest BCUT2D eigenvalue weighted by Crippen LogP contribution is -2.36. The van der Waals surface area contributed by atoms with Gasteiger partial charge in [-0.05, 0) is 31.9 Å². The molecule has 1 aromatic carbocycles. The Morgan fingerprint density at radius 2 is 2.04 bits per heavy atom. The number of sulfone groups is 1. The predicted molar refractivity (Wildman–Crippen MR) is 92.1 cm³/mol. The number of rotatable bonds is 8. The monoisotopic (exact) mass is 338 g/mol. The van der Waals surface area contributed by atoms with E-state index >= 15 is 0 Å². The van der Waals surface area contributed by atoms with Gasteiger partial charge in [0.2, 0.25) is 5.91 Å². The summed E-state index contributed by atoms with van der Waals surface area (Å²) in [5.74, 6) is 0.529. The molecule has 6 heteroatoms. The molecular weight excluding hydrogens is 312 g/mol. The lowest BCUT2D eigenvalue weighted by molar-refractivity contribution is -0.121. The van der Waals surface area contributed by atoms with E-state index in [9.17, 15) is 13.2 Å². The molecule has 1 aromatic rings. The molecule has 1 unspecified atom stereocenters. The van der Waals surface area contributed by atoms with Crippen molar-refractivity contribution in [3.05, 3.63) is 35.9 Å². The average molecular weight is 338 g/mol. The van der Waals surface area contributed by atoms with Crippen LogP contribution in [0.15, 0.2) is 30.3 Å². The molecule has 1 N–H and O–H groups in total. The van der Waals surface area contributed by atoms with Crippen LogP contribution in [0.25, 0.3) is 0 Å². The van der Waals surface area contributed by atoms with Crippen molar-refractivity contribution in [2.24, 2.45) is 0 Å².